The van der Waals surface area contributed by atoms with Crippen LogP contribution in [0, 0.1) is 13.8 Å². The number of esters is 1. The van der Waals surface area contributed by atoms with E-state index in [-0.39, 0.29) is 10.4 Å². The second kappa shape index (κ2) is 9.59. The predicted octanol–water partition coefficient (Wildman–Crippen LogP) is 4.25. The van der Waals surface area contributed by atoms with Crippen LogP contribution in [0.15, 0.2) is 71.5 Å². The second-order valence-electron chi connectivity index (χ2n) is 8.04. The number of rotatable bonds is 6. The van der Waals surface area contributed by atoms with Crippen molar-refractivity contribution < 1.29 is 14.3 Å². The molecule has 0 radical (unpaired) electrons. The van der Waals surface area contributed by atoms with Crippen LogP contribution in [0.4, 0.5) is 5.82 Å². The molecule has 180 valence electrons. The van der Waals surface area contributed by atoms with Crippen molar-refractivity contribution in [2.24, 2.45) is 0 Å². The highest BCUT2D eigenvalue weighted by Crippen LogP contribution is 2.28. The van der Waals surface area contributed by atoms with Crippen molar-refractivity contribution in [3.05, 3.63) is 93.3 Å². The van der Waals surface area contributed by atoms with Crippen LogP contribution in [0.2, 0.25) is 0 Å². The van der Waals surface area contributed by atoms with Crippen molar-refractivity contribution >= 4 is 39.2 Å². The van der Waals surface area contributed by atoms with Gasteiger partial charge in [-0.3, -0.25) is 9.59 Å². The molecule has 5 rings (SSSR count). The summed E-state index contributed by atoms with van der Waals surface area (Å²) in [4.78, 5) is 45.3. The number of nitrogens with zero attached hydrogens (tertiary/aromatic N) is 3. The Balaban J connectivity index is 1.35. The standard InChI is InChI=1S/C26H21N5O4S/c1-15-22-24(33)27-16(2)28-25(22)36-23(15)26(34)35-14-21(32)29-20-13-19(17-9-5-3-6-10-17)30-31(20)18-11-7-4-8-12-18/h3-13H,14H2,1-2H3,(H,29,32)(H,27,28,33). The minimum absolute atomic E-state index is 0.238. The molecule has 0 aliphatic rings. The van der Waals surface area contributed by atoms with Crippen LogP contribution >= 0.6 is 11.3 Å². The molecule has 2 aromatic carbocycles. The topological polar surface area (TPSA) is 119 Å². The van der Waals surface area contributed by atoms with Crippen LogP contribution in [0.1, 0.15) is 21.1 Å². The molecule has 36 heavy (non-hydrogen) atoms. The van der Waals surface area contributed by atoms with Crippen LogP contribution in [0.3, 0.4) is 0 Å². The number of aromatic amines is 1. The number of para-hydroxylation sites is 1. The van der Waals surface area contributed by atoms with Crippen molar-refractivity contribution in [3.63, 3.8) is 0 Å². The van der Waals surface area contributed by atoms with Gasteiger partial charge in [0.25, 0.3) is 11.5 Å². The number of hydrogen-bond donors (Lipinski definition) is 2. The summed E-state index contributed by atoms with van der Waals surface area (Å²) in [7, 11) is 0. The van der Waals surface area contributed by atoms with E-state index in [1.54, 1.807) is 24.6 Å². The van der Waals surface area contributed by atoms with Gasteiger partial charge in [0, 0.05) is 11.6 Å². The summed E-state index contributed by atoms with van der Waals surface area (Å²) in [6.45, 7) is 2.82. The van der Waals surface area contributed by atoms with Gasteiger partial charge < -0.3 is 15.0 Å². The monoisotopic (exact) mass is 499 g/mol. The Morgan fingerprint density at radius 2 is 1.75 bits per heavy atom. The highest BCUT2D eigenvalue weighted by Gasteiger charge is 2.21. The third kappa shape index (κ3) is 4.53. The maximum Gasteiger partial charge on any atom is 0.349 e. The zero-order chi connectivity index (χ0) is 25.2. The van der Waals surface area contributed by atoms with Crippen LogP contribution in [0.5, 0.6) is 0 Å². The summed E-state index contributed by atoms with van der Waals surface area (Å²) in [5.41, 5.74) is 2.50. The number of H-pyrrole nitrogens is 1. The highest BCUT2D eigenvalue weighted by atomic mass is 32.1. The Kier molecular flexibility index (Phi) is 6.17. The fourth-order valence-electron chi connectivity index (χ4n) is 3.81. The maximum absolute atomic E-state index is 12.7. The van der Waals surface area contributed by atoms with Crippen molar-refractivity contribution in [1.82, 2.24) is 19.7 Å². The molecule has 2 N–H and O–H groups in total. The van der Waals surface area contributed by atoms with Crippen LogP contribution in [-0.4, -0.2) is 38.2 Å². The van der Waals surface area contributed by atoms with Crippen LogP contribution < -0.4 is 10.9 Å². The average molecular weight is 500 g/mol. The number of ether oxygens (including phenoxy) is 1. The molecule has 3 aromatic heterocycles. The molecule has 0 spiro atoms. The van der Waals surface area contributed by atoms with Crippen molar-refractivity contribution in [3.8, 4) is 16.9 Å². The number of anilines is 1. The van der Waals surface area contributed by atoms with Crippen molar-refractivity contribution in [2.45, 2.75) is 13.8 Å². The third-order valence-electron chi connectivity index (χ3n) is 5.49. The minimum atomic E-state index is -0.691. The lowest BCUT2D eigenvalue weighted by molar-refractivity contribution is -0.119. The van der Waals surface area contributed by atoms with Crippen molar-refractivity contribution in [1.29, 1.82) is 0 Å². The summed E-state index contributed by atoms with van der Waals surface area (Å²) in [5, 5.41) is 7.79. The number of aromatic nitrogens is 4. The Morgan fingerprint density at radius 1 is 1.06 bits per heavy atom. The molecule has 5 aromatic rings. The zero-order valence-electron chi connectivity index (χ0n) is 19.4. The number of carbonyl (C=O) groups excluding carboxylic acids is 2. The molecule has 0 bridgehead atoms. The van der Waals surface area contributed by atoms with Gasteiger partial charge in [-0.05, 0) is 31.5 Å². The summed E-state index contributed by atoms with van der Waals surface area (Å²) >= 11 is 1.07. The van der Waals surface area contributed by atoms with Gasteiger partial charge >= 0.3 is 5.97 Å². The smallest absolute Gasteiger partial charge is 0.349 e. The largest absolute Gasteiger partial charge is 0.451 e. The number of nitrogens with one attached hydrogen (secondary N) is 2. The first kappa shape index (κ1) is 23.2. The van der Waals surface area contributed by atoms with E-state index in [9.17, 15) is 14.4 Å². The van der Waals surface area contributed by atoms with Gasteiger partial charge in [-0.15, -0.1) is 11.3 Å². The molecule has 10 heteroatoms. The number of amides is 1. The average Bonchev–Trinajstić information content (AvgIpc) is 3.44. The Hall–Kier alpha value is -4.57. The van der Waals surface area contributed by atoms with E-state index in [4.69, 9.17) is 4.74 Å². The van der Waals surface area contributed by atoms with E-state index in [1.807, 2.05) is 60.7 Å². The van der Waals surface area contributed by atoms with E-state index >= 15 is 0 Å². The number of aryl methyl sites for hydroxylation is 2. The van der Waals surface area contributed by atoms with E-state index in [1.165, 1.54) is 0 Å². The third-order valence-corrected chi connectivity index (χ3v) is 6.65. The van der Waals surface area contributed by atoms with Crippen LogP contribution in [-0.2, 0) is 9.53 Å². The number of benzene rings is 2. The first-order chi connectivity index (χ1) is 17.4. The maximum atomic E-state index is 12.7. The molecular formula is C26H21N5O4S. The van der Waals surface area contributed by atoms with Gasteiger partial charge in [-0.25, -0.2) is 14.5 Å². The zero-order valence-corrected chi connectivity index (χ0v) is 20.3. The van der Waals surface area contributed by atoms with E-state index in [0.29, 0.717) is 33.1 Å². The minimum Gasteiger partial charge on any atom is -0.451 e. The summed E-state index contributed by atoms with van der Waals surface area (Å²) in [5.74, 6) is -0.321. The lowest BCUT2D eigenvalue weighted by atomic mass is 10.2. The van der Waals surface area contributed by atoms with Gasteiger partial charge in [0.2, 0.25) is 0 Å². The van der Waals surface area contributed by atoms with Crippen molar-refractivity contribution in [2.75, 3.05) is 11.9 Å². The first-order valence-electron chi connectivity index (χ1n) is 11.1. The Bertz CT molecular complexity index is 1640. The molecule has 0 aliphatic carbocycles. The molecule has 0 saturated heterocycles. The number of fused-ring (bicyclic) bond motifs is 1. The van der Waals surface area contributed by atoms with Crippen LogP contribution in [0.25, 0.3) is 27.2 Å². The predicted molar refractivity (Wildman–Crippen MR) is 138 cm³/mol. The van der Waals surface area contributed by atoms with Gasteiger partial charge in [0.1, 0.15) is 21.3 Å². The summed E-state index contributed by atoms with van der Waals surface area (Å²) in [6, 6.07) is 20.8. The fourth-order valence-corrected chi connectivity index (χ4v) is 4.93. The Labute approximate surface area is 209 Å². The van der Waals surface area contributed by atoms with E-state index in [0.717, 1.165) is 22.6 Å². The lowest BCUT2D eigenvalue weighted by Gasteiger charge is -2.09. The van der Waals surface area contributed by atoms with Gasteiger partial charge in [0.05, 0.1) is 16.8 Å². The normalized spacial score (nSPS) is 10.9. The SMILES string of the molecule is Cc1nc2sc(C(=O)OCC(=O)Nc3cc(-c4ccccc4)nn3-c3ccccc3)c(C)c2c(=O)[nH]1. The van der Waals surface area contributed by atoms with Gasteiger partial charge in [-0.2, -0.15) is 5.10 Å². The number of thiophene rings is 1. The molecule has 0 atom stereocenters. The van der Waals surface area contributed by atoms with E-state index in [2.05, 4.69) is 20.4 Å². The fraction of sp³-hybridized carbons (Fsp3) is 0.115. The molecule has 0 saturated carbocycles. The lowest BCUT2D eigenvalue weighted by Crippen LogP contribution is -2.22. The summed E-state index contributed by atoms with van der Waals surface area (Å²) < 4.78 is 6.89. The highest BCUT2D eigenvalue weighted by molar-refractivity contribution is 7.20. The molecule has 0 fully saturated rings. The Morgan fingerprint density at radius 3 is 2.47 bits per heavy atom. The van der Waals surface area contributed by atoms with Gasteiger partial charge in [0.15, 0.2) is 6.61 Å². The molecule has 3 heterocycles. The molecule has 1 amide bonds. The number of carbonyl (C=O) groups is 2. The molecular weight excluding hydrogens is 478 g/mol. The molecule has 0 unspecified atom stereocenters. The number of hydrogen-bond acceptors (Lipinski definition) is 7. The van der Waals surface area contributed by atoms with Gasteiger partial charge in [-0.1, -0.05) is 48.5 Å². The van der Waals surface area contributed by atoms with E-state index < -0.39 is 18.5 Å². The molecule has 9 nitrogen and oxygen atoms in total. The quantitative estimate of drug-likeness (QED) is 0.337. The molecule has 0 aliphatic heterocycles. The first-order valence-corrected chi connectivity index (χ1v) is 11.9. The second-order valence-corrected chi connectivity index (χ2v) is 9.04. The summed E-state index contributed by atoms with van der Waals surface area (Å²) in [6.07, 6.45) is 0.